The van der Waals surface area contributed by atoms with Crippen molar-refractivity contribution < 1.29 is 27.4 Å². The van der Waals surface area contributed by atoms with Gasteiger partial charge in [0.05, 0.1) is 6.61 Å². The summed E-state index contributed by atoms with van der Waals surface area (Å²) in [4.78, 5) is 24.5. The number of aryl methyl sites for hydroxylation is 1. The summed E-state index contributed by atoms with van der Waals surface area (Å²) in [6.07, 6.45) is 1.46. The molecule has 10 heteroatoms. The highest BCUT2D eigenvalue weighted by atomic mass is 35.5. The molecule has 4 aromatic rings. The van der Waals surface area contributed by atoms with E-state index in [4.69, 9.17) is 21.1 Å². The van der Waals surface area contributed by atoms with Crippen LogP contribution in [-0.4, -0.2) is 17.1 Å². The van der Waals surface area contributed by atoms with Gasteiger partial charge in [0.2, 0.25) is 5.91 Å². The Morgan fingerprint density at radius 2 is 1.66 bits per heavy atom. The molecule has 0 fully saturated rings. The van der Waals surface area contributed by atoms with Gasteiger partial charge in [0.1, 0.15) is 23.1 Å². The highest BCUT2D eigenvalue weighted by Crippen LogP contribution is 2.48. The molecule has 4 rings (SSSR count). The lowest BCUT2D eigenvalue weighted by Crippen LogP contribution is -2.16. The van der Waals surface area contributed by atoms with Crippen molar-refractivity contribution in [2.75, 3.05) is 11.9 Å². The molecule has 0 saturated carbocycles. The maximum absolute atomic E-state index is 15.4. The number of aromatic nitrogens is 1. The van der Waals surface area contributed by atoms with Crippen LogP contribution in [0.3, 0.4) is 0 Å². The van der Waals surface area contributed by atoms with Crippen LogP contribution in [0.25, 0.3) is 22.3 Å². The second-order valence-corrected chi connectivity index (χ2v) is 8.71. The first-order valence-electron chi connectivity index (χ1n) is 11.5. The van der Waals surface area contributed by atoms with E-state index in [1.165, 1.54) is 55.1 Å². The summed E-state index contributed by atoms with van der Waals surface area (Å²) in [6, 6.07) is 11.0. The summed E-state index contributed by atoms with van der Waals surface area (Å²) < 4.78 is 56.5. The van der Waals surface area contributed by atoms with Gasteiger partial charge in [-0.2, -0.15) is 0 Å². The number of halogens is 4. The number of ether oxygens (including phenoxy) is 2. The van der Waals surface area contributed by atoms with Crippen LogP contribution in [0, 0.1) is 17.5 Å². The van der Waals surface area contributed by atoms with E-state index in [0.29, 0.717) is 11.6 Å². The number of carbonyl (C=O) groups excluding carboxylic acids is 1. The third-order valence-electron chi connectivity index (χ3n) is 5.55. The average Bonchev–Trinajstić information content (AvgIpc) is 2.84. The molecular formula is C28H22ClF3N2O4. The minimum absolute atomic E-state index is 0.0218. The molecule has 0 aliphatic rings. The summed E-state index contributed by atoms with van der Waals surface area (Å²) in [5, 5.41) is 2.83. The fourth-order valence-electron chi connectivity index (χ4n) is 3.95. The fourth-order valence-corrected chi connectivity index (χ4v) is 4.11. The van der Waals surface area contributed by atoms with Crippen molar-refractivity contribution in [3.63, 3.8) is 0 Å². The standard InChI is InChI=1S/C28H22ClF3N2O4/c1-4-37-25-13-26(36)34(3)14-19(25)28-24(38-23-9-6-17(30)12-21(23)32)10-8-22(33-15(2)35)27(28)18-7-5-16(29)11-20(18)31/h5-14H,4H2,1-3H3,(H,33,35). The molecule has 0 spiro atoms. The van der Waals surface area contributed by atoms with Crippen LogP contribution in [-0.2, 0) is 11.8 Å². The van der Waals surface area contributed by atoms with Gasteiger partial charge in [-0.3, -0.25) is 9.59 Å². The number of benzene rings is 3. The van der Waals surface area contributed by atoms with E-state index in [9.17, 15) is 18.4 Å². The lowest BCUT2D eigenvalue weighted by molar-refractivity contribution is -0.114. The Bertz CT molecular complexity index is 1600. The third kappa shape index (κ3) is 5.52. The van der Waals surface area contributed by atoms with Gasteiger partial charge in [-0.05, 0) is 49.4 Å². The van der Waals surface area contributed by atoms with Gasteiger partial charge >= 0.3 is 0 Å². The molecule has 0 bridgehead atoms. The smallest absolute Gasteiger partial charge is 0.254 e. The van der Waals surface area contributed by atoms with Crippen LogP contribution < -0.4 is 20.3 Å². The molecule has 1 amide bonds. The Morgan fingerprint density at radius 1 is 0.921 bits per heavy atom. The molecule has 0 atom stereocenters. The van der Waals surface area contributed by atoms with E-state index in [1.54, 1.807) is 6.92 Å². The van der Waals surface area contributed by atoms with E-state index in [0.717, 1.165) is 18.2 Å². The Morgan fingerprint density at radius 3 is 2.32 bits per heavy atom. The molecule has 0 aliphatic heterocycles. The Balaban J connectivity index is 2.14. The second-order valence-electron chi connectivity index (χ2n) is 8.28. The van der Waals surface area contributed by atoms with Crippen LogP contribution in [0.4, 0.5) is 18.9 Å². The maximum atomic E-state index is 15.4. The number of hydrogen-bond donors (Lipinski definition) is 1. The zero-order valence-corrected chi connectivity index (χ0v) is 21.3. The van der Waals surface area contributed by atoms with E-state index in [1.807, 2.05) is 0 Å². The number of nitrogens with zero attached hydrogens (tertiary/aromatic N) is 1. The molecule has 3 aromatic carbocycles. The highest BCUT2D eigenvalue weighted by Gasteiger charge is 2.25. The van der Waals surface area contributed by atoms with Gasteiger partial charge in [0.15, 0.2) is 11.6 Å². The van der Waals surface area contributed by atoms with Crippen molar-refractivity contribution in [1.82, 2.24) is 4.57 Å². The van der Waals surface area contributed by atoms with Crippen LogP contribution in [0.15, 0.2) is 65.6 Å². The van der Waals surface area contributed by atoms with Gasteiger partial charge in [-0.25, -0.2) is 13.2 Å². The quantitative estimate of drug-likeness (QED) is 0.275. The first-order valence-corrected chi connectivity index (χ1v) is 11.8. The predicted octanol–water partition coefficient (Wildman–Crippen LogP) is 6.94. The van der Waals surface area contributed by atoms with Crippen molar-refractivity contribution >= 4 is 23.2 Å². The first-order chi connectivity index (χ1) is 18.1. The van der Waals surface area contributed by atoms with Gasteiger partial charge < -0.3 is 19.4 Å². The number of nitrogens with one attached hydrogen (secondary N) is 1. The monoisotopic (exact) mass is 542 g/mol. The lowest BCUT2D eigenvalue weighted by Gasteiger charge is -2.22. The first kappa shape index (κ1) is 26.8. The van der Waals surface area contributed by atoms with Crippen LogP contribution in [0.5, 0.6) is 17.2 Å². The summed E-state index contributed by atoms with van der Waals surface area (Å²) in [5.41, 5.74) is 0.505. The van der Waals surface area contributed by atoms with Crippen molar-refractivity contribution in [2.24, 2.45) is 7.05 Å². The lowest BCUT2D eigenvalue weighted by atomic mass is 9.91. The summed E-state index contributed by atoms with van der Waals surface area (Å²) >= 11 is 5.99. The van der Waals surface area contributed by atoms with Gasteiger partial charge in [-0.15, -0.1) is 0 Å². The molecule has 0 unspecified atom stereocenters. The maximum Gasteiger partial charge on any atom is 0.254 e. The van der Waals surface area contributed by atoms with Gasteiger partial charge in [0, 0.05) is 65.3 Å². The zero-order chi connectivity index (χ0) is 27.6. The van der Waals surface area contributed by atoms with E-state index in [2.05, 4.69) is 5.32 Å². The van der Waals surface area contributed by atoms with E-state index in [-0.39, 0.29) is 56.8 Å². The fraction of sp³-hybridized carbons (Fsp3) is 0.143. The molecule has 0 aliphatic carbocycles. The Labute approximate surface area is 221 Å². The summed E-state index contributed by atoms with van der Waals surface area (Å²) in [5.74, 6) is -3.04. The van der Waals surface area contributed by atoms with Crippen molar-refractivity contribution in [1.29, 1.82) is 0 Å². The largest absolute Gasteiger partial charge is 0.493 e. The SMILES string of the molecule is CCOc1cc(=O)n(C)cc1-c1c(Oc2ccc(F)cc2F)ccc(NC(C)=O)c1-c1ccc(Cl)cc1F. The molecule has 38 heavy (non-hydrogen) atoms. The minimum atomic E-state index is -0.966. The number of carbonyl (C=O) groups is 1. The summed E-state index contributed by atoms with van der Waals surface area (Å²) in [7, 11) is 1.52. The molecule has 196 valence electrons. The zero-order valence-electron chi connectivity index (χ0n) is 20.6. The predicted molar refractivity (Wildman–Crippen MR) is 139 cm³/mol. The van der Waals surface area contributed by atoms with E-state index >= 15 is 4.39 Å². The second kappa shape index (κ2) is 11.0. The minimum Gasteiger partial charge on any atom is -0.493 e. The number of amides is 1. The molecule has 1 heterocycles. The topological polar surface area (TPSA) is 69.6 Å². The van der Waals surface area contributed by atoms with E-state index < -0.39 is 23.4 Å². The molecule has 6 nitrogen and oxygen atoms in total. The van der Waals surface area contributed by atoms with Crippen molar-refractivity contribution in [3.05, 3.63) is 93.6 Å². The number of rotatable bonds is 7. The van der Waals surface area contributed by atoms with Gasteiger partial charge in [0.25, 0.3) is 5.56 Å². The average molecular weight is 543 g/mol. The number of anilines is 1. The number of hydrogen-bond acceptors (Lipinski definition) is 4. The van der Waals surface area contributed by atoms with Crippen molar-refractivity contribution in [3.8, 4) is 39.5 Å². The number of pyridine rings is 1. The molecule has 1 N–H and O–H groups in total. The Kier molecular flexibility index (Phi) is 7.78. The molecular weight excluding hydrogens is 521 g/mol. The molecule has 0 radical (unpaired) electrons. The van der Waals surface area contributed by atoms with Crippen molar-refractivity contribution in [2.45, 2.75) is 13.8 Å². The normalized spacial score (nSPS) is 10.8. The van der Waals surface area contributed by atoms with Crippen LogP contribution in [0.1, 0.15) is 13.8 Å². The highest BCUT2D eigenvalue weighted by molar-refractivity contribution is 6.30. The van der Waals surface area contributed by atoms with Crippen LogP contribution in [0.2, 0.25) is 5.02 Å². The van der Waals surface area contributed by atoms with Crippen LogP contribution >= 0.6 is 11.6 Å². The summed E-state index contributed by atoms with van der Waals surface area (Å²) in [6.45, 7) is 3.21. The molecule has 0 saturated heterocycles. The molecule has 1 aromatic heterocycles. The Hall–Kier alpha value is -4.24. The third-order valence-corrected chi connectivity index (χ3v) is 5.79. The van der Waals surface area contributed by atoms with Gasteiger partial charge in [-0.1, -0.05) is 11.6 Å².